The molecule has 4 rings (SSSR count). The minimum Gasteiger partial charge on any atom is -0.352 e. The number of halogens is 5. The third-order valence-electron chi connectivity index (χ3n) is 6.04. The second-order valence-electron chi connectivity index (χ2n) is 8.97. The summed E-state index contributed by atoms with van der Waals surface area (Å²) in [5.74, 6) is -4.54. The van der Waals surface area contributed by atoms with Gasteiger partial charge in [0.1, 0.15) is 0 Å². The fourth-order valence-corrected chi connectivity index (χ4v) is 4.26. The number of carbonyl (C=O) groups excluding carboxylic acids is 1. The number of nitrogens with one attached hydrogen (secondary N) is 1. The summed E-state index contributed by atoms with van der Waals surface area (Å²) in [6.45, 7) is 2.55. The van der Waals surface area contributed by atoms with Crippen LogP contribution in [0.3, 0.4) is 0 Å². The number of aromatic nitrogens is 5. The molecule has 1 amide bonds. The van der Waals surface area contributed by atoms with Crippen LogP contribution in [0.1, 0.15) is 35.1 Å². The van der Waals surface area contributed by atoms with Gasteiger partial charge in [-0.2, -0.15) is 18.3 Å². The average Bonchev–Trinajstić information content (AvgIpc) is 3.19. The molecule has 0 aliphatic carbocycles. The lowest BCUT2D eigenvalue weighted by Gasteiger charge is -2.43. The molecular formula is C23H24F5N7O. The molecule has 1 N–H and O–H groups in total. The highest BCUT2D eigenvalue weighted by atomic mass is 19.4. The summed E-state index contributed by atoms with van der Waals surface area (Å²) in [7, 11) is 1.62. The van der Waals surface area contributed by atoms with Gasteiger partial charge >= 0.3 is 6.18 Å². The van der Waals surface area contributed by atoms with Crippen LogP contribution in [0.2, 0.25) is 0 Å². The summed E-state index contributed by atoms with van der Waals surface area (Å²) in [6, 6.07) is 2.82. The van der Waals surface area contributed by atoms with Gasteiger partial charge in [-0.1, -0.05) is 13.0 Å². The Labute approximate surface area is 203 Å². The first-order valence-electron chi connectivity index (χ1n) is 11.1. The number of hydrogen-bond donors (Lipinski definition) is 1. The second kappa shape index (κ2) is 9.43. The molecule has 192 valence electrons. The lowest BCUT2D eigenvalue weighted by atomic mass is 9.88. The summed E-state index contributed by atoms with van der Waals surface area (Å²) in [4.78, 5) is 26.2. The van der Waals surface area contributed by atoms with Gasteiger partial charge in [0.05, 0.1) is 18.2 Å². The maximum Gasteiger partial charge on any atom is 0.419 e. The number of amides is 1. The average molecular weight is 509 g/mol. The van der Waals surface area contributed by atoms with Crippen LogP contribution in [-0.4, -0.2) is 60.6 Å². The van der Waals surface area contributed by atoms with Gasteiger partial charge in [0.15, 0.2) is 5.69 Å². The molecule has 36 heavy (non-hydrogen) atoms. The van der Waals surface area contributed by atoms with Crippen molar-refractivity contribution in [3.63, 3.8) is 0 Å². The van der Waals surface area contributed by atoms with E-state index in [1.807, 2.05) is 6.92 Å². The van der Waals surface area contributed by atoms with Gasteiger partial charge in [-0.3, -0.25) is 14.5 Å². The zero-order chi connectivity index (χ0) is 26.3. The monoisotopic (exact) mass is 509 g/mol. The number of rotatable bonds is 5. The molecular weight excluding hydrogens is 485 g/mol. The molecule has 0 aromatic carbocycles. The molecule has 3 aromatic heterocycles. The molecule has 1 aliphatic rings. The number of pyridine rings is 1. The lowest BCUT2D eigenvalue weighted by Crippen LogP contribution is -2.57. The summed E-state index contributed by atoms with van der Waals surface area (Å²) < 4.78 is 68.9. The zero-order valence-electron chi connectivity index (χ0n) is 19.7. The standard InChI is InChI=1S/C23H24F5N7O/c1-13-6-22(24,25)12-35(18(13)10-32-21-30-8-16(9-31-21)23(26,27)28)20(36)19-17(11-34(3)33-19)15-5-4-14(2)29-7-15/h4-5,7-9,11,13,18H,6,10,12H2,1-3H3,(H,30,31,32). The van der Waals surface area contributed by atoms with Gasteiger partial charge in [0.2, 0.25) is 5.95 Å². The van der Waals surface area contributed by atoms with Crippen LogP contribution in [0.15, 0.2) is 36.9 Å². The maximum atomic E-state index is 14.6. The highest BCUT2D eigenvalue weighted by Gasteiger charge is 2.47. The summed E-state index contributed by atoms with van der Waals surface area (Å²) in [5, 5.41) is 7.02. The highest BCUT2D eigenvalue weighted by molar-refractivity contribution is 5.99. The van der Waals surface area contributed by atoms with E-state index < -0.39 is 48.5 Å². The fourth-order valence-electron chi connectivity index (χ4n) is 4.26. The van der Waals surface area contributed by atoms with E-state index >= 15 is 0 Å². The van der Waals surface area contributed by atoms with E-state index in [1.54, 1.807) is 38.5 Å². The summed E-state index contributed by atoms with van der Waals surface area (Å²) in [5.41, 5.74) is 0.834. The van der Waals surface area contributed by atoms with Gasteiger partial charge in [0, 0.05) is 61.6 Å². The van der Waals surface area contributed by atoms with E-state index in [-0.39, 0.29) is 18.2 Å². The number of piperidine rings is 1. The Balaban J connectivity index is 1.60. The van der Waals surface area contributed by atoms with E-state index in [2.05, 4.69) is 25.4 Å². The van der Waals surface area contributed by atoms with E-state index in [0.717, 1.165) is 10.6 Å². The number of likely N-dealkylation sites (tertiary alicyclic amines) is 1. The van der Waals surface area contributed by atoms with E-state index in [4.69, 9.17) is 0 Å². The van der Waals surface area contributed by atoms with Crippen molar-refractivity contribution in [3.05, 3.63) is 53.9 Å². The topological polar surface area (TPSA) is 88.8 Å². The first kappa shape index (κ1) is 25.5. The van der Waals surface area contributed by atoms with Crippen LogP contribution in [0, 0.1) is 12.8 Å². The van der Waals surface area contributed by atoms with Crippen LogP contribution >= 0.6 is 0 Å². The van der Waals surface area contributed by atoms with Crippen molar-refractivity contribution in [2.24, 2.45) is 13.0 Å². The van der Waals surface area contributed by atoms with Gasteiger partial charge < -0.3 is 10.2 Å². The van der Waals surface area contributed by atoms with Crippen LogP contribution in [0.25, 0.3) is 11.1 Å². The Morgan fingerprint density at radius 2 is 1.86 bits per heavy atom. The first-order chi connectivity index (χ1) is 16.8. The molecule has 8 nitrogen and oxygen atoms in total. The zero-order valence-corrected chi connectivity index (χ0v) is 19.7. The molecule has 0 spiro atoms. The summed E-state index contributed by atoms with van der Waals surface area (Å²) in [6.07, 6.45) is -0.572. The number of hydrogen-bond acceptors (Lipinski definition) is 6. The van der Waals surface area contributed by atoms with Crippen molar-refractivity contribution in [1.82, 2.24) is 29.6 Å². The van der Waals surface area contributed by atoms with Gasteiger partial charge in [-0.15, -0.1) is 0 Å². The predicted octanol–water partition coefficient (Wildman–Crippen LogP) is 4.20. The van der Waals surface area contributed by atoms with E-state index in [1.165, 1.54) is 4.68 Å². The molecule has 2 unspecified atom stereocenters. The predicted molar refractivity (Wildman–Crippen MR) is 120 cm³/mol. The van der Waals surface area contributed by atoms with Crippen molar-refractivity contribution < 1.29 is 26.7 Å². The molecule has 0 bridgehead atoms. The molecule has 0 radical (unpaired) electrons. The molecule has 3 aromatic rings. The number of nitrogens with zero attached hydrogens (tertiary/aromatic N) is 6. The molecule has 1 aliphatic heterocycles. The minimum atomic E-state index is -4.58. The van der Waals surface area contributed by atoms with E-state index in [0.29, 0.717) is 23.5 Å². The van der Waals surface area contributed by atoms with E-state index in [9.17, 15) is 26.7 Å². The van der Waals surface area contributed by atoms with Gasteiger partial charge in [0.25, 0.3) is 11.8 Å². The Morgan fingerprint density at radius 3 is 2.47 bits per heavy atom. The first-order valence-corrected chi connectivity index (χ1v) is 11.1. The lowest BCUT2D eigenvalue weighted by molar-refractivity contribution is -0.138. The van der Waals surface area contributed by atoms with Crippen LogP contribution in [0.4, 0.5) is 27.9 Å². The van der Waals surface area contributed by atoms with Crippen LogP contribution in [0.5, 0.6) is 0 Å². The Bertz CT molecular complexity index is 1230. The Kier molecular flexibility index (Phi) is 6.67. The molecule has 2 atom stereocenters. The quantitative estimate of drug-likeness (QED) is 0.519. The molecule has 4 heterocycles. The SMILES string of the molecule is Cc1ccc(-c2cn(C)nc2C(=O)N2CC(F)(F)CC(C)C2CNc2ncc(C(F)(F)F)cn2)cn1. The van der Waals surface area contributed by atoms with Crippen molar-refractivity contribution in [1.29, 1.82) is 0 Å². The van der Waals surface area contributed by atoms with Crippen molar-refractivity contribution in [2.45, 2.75) is 38.4 Å². The third kappa shape index (κ3) is 5.44. The molecule has 1 saturated heterocycles. The molecule has 0 saturated carbocycles. The molecule has 13 heteroatoms. The Hall–Kier alpha value is -3.64. The number of alkyl halides is 5. The second-order valence-corrected chi connectivity index (χ2v) is 8.97. The largest absolute Gasteiger partial charge is 0.419 e. The highest BCUT2D eigenvalue weighted by Crippen LogP contribution is 2.36. The maximum absolute atomic E-state index is 14.6. The van der Waals surface area contributed by atoms with Crippen LogP contribution < -0.4 is 5.32 Å². The molecule has 1 fully saturated rings. The minimum absolute atomic E-state index is 0.00355. The van der Waals surface area contributed by atoms with Crippen molar-refractivity contribution >= 4 is 11.9 Å². The smallest absolute Gasteiger partial charge is 0.352 e. The van der Waals surface area contributed by atoms with Crippen molar-refractivity contribution in [3.8, 4) is 11.1 Å². The number of aryl methyl sites for hydroxylation is 2. The van der Waals surface area contributed by atoms with Crippen molar-refractivity contribution in [2.75, 3.05) is 18.4 Å². The summed E-state index contributed by atoms with van der Waals surface area (Å²) >= 11 is 0. The van der Waals surface area contributed by atoms with Gasteiger partial charge in [-0.05, 0) is 18.9 Å². The third-order valence-corrected chi connectivity index (χ3v) is 6.04. The number of carbonyl (C=O) groups is 1. The van der Waals surface area contributed by atoms with Gasteiger partial charge in [-0.25, -0.2) is 18.7 Å². The Morgan fingerprint density at radius 1 is 1.17 bits per heavy atom. The fraction of sp³-hybridized carbons (Fsp3) is 0.435. The number of anilines is 1. The normalized spacial score (nSPS) is 19.8. The van der Waals surface area contributed by atoms with Crippen LogP contribution in [-0.2, 0) is 13.2 Å².